The number of aliphatic hydroxyl groups is 1. The van der Waals surface area contributed by atoms with Crippen LogP contribution in [0.1, 0.15) is 43.1 Å². The molecule has 1 heterocycles. The second-order valence-corrected chi connectivity index (χ2v) is 3.55. The number of nitrogens with zero attached hydrogens (tertiary/aromatic N) is 2. The van der Waals surface area contributed by atoms with E-state index in [1.807, 2.05) is 0 Å². The van der Waals surface area contributed by atoms with E-state index in [1.165, 1.54) is 25.7 Å². The molecule has 0 radical (unpaired) electrons. The molecule has 0 spiro atoms. The second kappa shape index (κ2) is 3.83. The molecule has 0 amide bonds. The third-order valence-electron chi connectivity index (χ3n) is 2.61. The molecule has 3 nitrogen and oxygen atoms in total. The van der Waals surface area contributed by atoms with Crippen molar-refractivity contribution in [3.05, 3.63) is 23.8 Å². The van der Waals surface area contributed by atoms with Gasteiger partial charge in [-0.1, -0.05) is 12.8 Å². The molecular weight excluding hydrogens is 164 g/mol. The van der Waals surface area contributed by atoms with E-state index in [9.17, 15) is 0 Å². The van der Waals surface area contributed by atoms with Crippen molar-refractivity contribution in [1.29, 1.82) is 0 Å². The Bertz CT molecular complexity index is 282. The Morgan fingerprint density at radius 1 is 1.38 bits per heavy atom. The van der Waals surface area contributed by atoms with E-state index in [1.54, 1.807) is 12.3 Å². The average Bonchev–Trinajstić information content (AvgIpc) is 2.71. The largest absolute Gasteiger partial charge is 0.390 e. The molecule has 0 aromatic carbocycles. The zero-order chi connectivity index (χ0) is 9.10. The quantitative estimate of drug-likeness (QED) is 0.748. The summed E-state index contributed by atoms with van der Waals surface area (Å²) in [6.45, 7) is 0.0161. The predicted molar refractivity (Wildman–Crippen MR) is 49.2 cm³/mol. The van der Waals surface area contributed by atoms with E-state index < -0.39 is 0 Å². The first-order valence-electron chi connectivity index (χ1n) is 4.83. The Labute approximate surface area is 77.8 Å². The van der Waals surface area contributed by atoms with E-state index in [-0.39, 0.29) is 6.61 Å². The first-order valence-corrected chi connectivity index (χ1v) is 4.83. The monoisotopic (exact) mass is 178 g/mol. The number of hydrogen-bond donors (Lipinski definition) is 1. The Hall–Kier alpha value is -0.960. The van der Waals surface area contributed by atoms with Crippen molar-refractivity contribution in [2.24, 2.45) is 0 Å². The van der Waals surface area contributed by atoms with E-state index in [0.717, 1.165) is 11.5 Å². The molecular formula is C10H14N2O. The highest BCUT2D eigenvalue weighted by Gasteiger charge is 2.19. The first-order chi connectivity index (χ1) is 6.40. The first kappa shape index (κ1) is 8.63. The molecule has 1 aromatic rings. The summed E-state index contributed by atoms with van der Waals surface area (Å²) in [7, 11) is 0. The molecule has 1 aliphatic rings. The molecule has 1 aromatic heterocycles. The molecule has 0 atom stereocenters. The molecule has 0 saturated heterocycles. The summed E-state index contributed by atoms with van der Waals surface area (Å²) in [6, 6.07) is 1.76. The van der Waals surface area contributed by atoms with Gasteiger partial charge in [-0.05, 0) is 18.9 Å². The minimum Gasteiger partial charge on any atom is -0.390 e. The van der Waals surface area contributed by atoms with Crippen molar-refractivity contribution in [2.45, 2.75) is 38.2 Å². The maximum absolute atomic E-state index is 8.91. The van der Waals surface area contributed by atoms with Crippen molar-refractivity contribution in [1.82, 2.24) is 9.97 Å². The molecule has 2 rings (SSSR count). The Balaban J connectivity index is 2.18. The molecule has 3 heteroatoms. The SMILES string of the molecule is OCc1ccnc(C2CCCC2)n1. The lowest BCUT2D eigenvalue weighted by Gasteiger charge is -2.07. The van der Waals surface area contributed by atoms with Crippen molar-refractivity contribution in [3.63, 3.8) is 0 Å². The van der Waals surface area contributed by atoms with Gasteiger partial charge in [0, 0.05) is 12.1 Å². The van der Waals surface area contributed by atoms with Crippen LogP contribution in [0.15, 0.2) is 12.3 Å². The number of rotatable bonds is 2. The highest BCUT2D eigenvalue weighted by molar-refractivity contribution is 5.05. The fourth-order valence-corrected chi connectivity index (χ4v) is 1.88. The smallest absolute Gasteiger partial charge is 0.131 e. The fourth-order valence-electron chi connectivity index (χ4n) is 1.88. The summed E-state index contributed by atoms with van der Waals surface area (Å²) in [5, 5.41) is 8.91. The maximum Gasteiger partial charge on any atom is 0.131 e. The third-order valence-corrected chi connectivity index (χ3v) is 2.61. The van der Waals surface area contributed by atoms with Crippen LogP contribution in [-0.2, 0) is 6.61 Å². The van der Waals surface area contributed by atoms with Crippen LogP contribution in [0.3, 0.4) is 0 Å². The molecule has 1 fully saturated rings. The van der Waals surface area contributed by atoms with Crippen LogP contribution in [0, 0.1) is 0 Å². The summed E-state index contributed by atoms with van der Waals surface area (Å²) < 4.78 is 0. The Morgan fingerprint density at radius 3 is 2.85 bits per heavy atom. The van der Waals surface area contributed by atoms with Crippen LogP contribution in [0.2, 0.25) is 0 Å². The lowest BCUT2D eigenvalue weighted by molar-refractivity contribution is 0.276. The van der Waals surface area contributed by atoms with Gasteiger partial charge in [-0.2, -0.15) is 0 Å². The van der Waals surface area contributed by atoms with Gasteiger partial charge in [0.1, 0.15) is 5.82 Å². The van der Waals surface area contributed by atoms with Crippen LogP contribution in [0.25, 0.3) is 0 Å². The zero-order valence-electron chi connectivity index (χ0n) is 7.61. The molecule has 0 bridgehead atoms. The molecule has 0 aliphatic heterocycles. The van der Waals surface area contributed by atoms with E-state index in [2.05, 4.69) is 9.97 Å². The maximum atomic E-state index is 8.91. The zero-order valence-corrected chi connectivity index (χ0v) is 7.61. The van der Waals surface area contributed by atoms with Gasteiger partial charge in [0.2, 0.25) is 0 Å². The van der Waals surface area contributed by atoms with Crippen molar-refractivity contribution >= 4 is 0 Å². The topological polar surface area (TPSA) is 46.0 Å². The Kier molecular flexibility index (Phi) is 2.54. The molecule has 0 unspecified atom stereocenters. The van der Waals surface area contributed by atoms with Gasteiger partial charge in [0.15, 0.2) is 0 Å². The third kappa shape index (κ3) is 1.86. The fraction of sp³-hybridized carbons (Fsp3) is 0.600. The lowest BCUT2D eigenvalue weighted by Crippen LogP contribution is -2.02. The van der Waals surface area contributed by atoms with Crippen LogP contribution < -0.4 is 0 Å². The van der Waals surface area contributed by atoms with Gasteiger partial charge >= 0.3 is 0 Å². The van der Waals surface area contributed by atoms with E-state index in [4.69, 9.17) is 5.11 Å². The van der Waals surface area contributed by atoms with Crippen LogP contribution >= 0.6 is 0 Å². The second-order valence-electron chi connectivity index (χ2n) is 3.55. The standard InChI is InChI=1S/C10H14N2O/c13-7-9-5-6-11-10(12-9)8-3-1-2-4-8/h5-6,8,13H,1-4,7H2. The summed E-state index contributed by atoms with van der Waals surface area (Å²) in [4.78, 5) is 8.56. The van der Waals surface area contributed by atoms with Crippen molar-refractivity contribution in [3.8, 4) is 0 Å². The Morgan fingerprint density at radius 2 is 2.15 bits per heavy atom. The summed E-state index contributed by atoms with van der Waals surface area (Å²) in [6.07, 6.45) is 6.73. The van der Waals surface area contributed by atoms with Gasteiger partial charge in [0.25, 0.3) is 0 Å². The number of aliphatic hydroxyl groups excluding tert-OH is 1. The molecule has 1 N–H and O–H groups in total. The summed E-state index contributed by atoms with van der Waals surface area (Å²) >= 11 is 0. The van der Waals surface area contributed by atoms with Crippen LogP contribution in [0.4, 0.5) is 0 Å². The van der Waals surface area contributed by atoms with E-state index in [0.29, 0.717) is 5.92 Å². The van der Waals surface area contributed by atoms with Gasteiger partial charge in [0.05, 0.1) is 12.3 Å². The van der Waals surface area contributed by atoms with Gasteiger partial charge in [-0.3, -0.25) is 0 Å². The summed E-state index contributed by atoms with van der Waals surface area (Å²) in [5.41, 5.74) is 0.733. The molecule has 13 heavy (non-hydrogen) atoms. The normalized spacial score (nSPS) is 17.9. The number of aromatic nitrogens is 2. The van der Waals surface area contributed by atoms with Gasteiger partial charge in [-0.15, -0.1) is 0 Å². The van der Waals surface area contributed by atoms with Crippen LogP contribution in [-0.4, -0.2) is 15.1 Å². The highest BCUT2D eigenvalue weighted by Crippen LogP contribution is 2.31. The van der Waals surface area contributed by atoms with Crippen molar-refractivity contribution < 1.29 is 5.11 Å². The van der Waals surface area contributed by atoms with E-state index >= 15 is 0 Å². The highest BCUT2D eigenvalue weighted by atomic mass is 16.3. The average molecular weight is 178 g/mol. The predicted octanol–water partition coefficient (Wildman–Crippen LogP) is 1.63. The molecule has 1 aliphatic carbocycles. The molecule has 70 valence electrons. The molecule has 1 saturated carbocycles. The minimum absolute atomic E-state index is 0.0161. The van der Waals surface area contributed by atoms with Crippen molar-refractivity contribution in [2.75, 3.05) is 0 Å². The number of hydrogen-bond acceptors (Lipinski definition) is 3. The minimum atomic E-state index is 0.0161. The lowest BCUT2D eigenvalue weighted by atomic mass is 10.1. The summed E-state index contributed by atoms with van der Waals surface area (Å²) in [5.74, 6) is 1.45. The van der Waals surface area contributed by atoms with Crippen LogP contribution in [0.5, 0.6) is 0 Å². The van der Waals surface area contributed by atoms with Gasteiger partial charge in [-0.25, -0.2) is 9.97 Å². The van der Waals surface area contributed by atoms with Gasteiger partial charge < -0.3 is 5.11 Å².